The molecule has 0 aliphatic heterocycles. The van der Waals surface area contributed by atoms with E-state index in [9.17, 15) is 29.3 Å². The topological polar surface area (TPSA) is 231 Å². The molecule has 4 rings (SSSR count). The van der Waals surface area contributed by atoms with E-state index in [0.717, 1.165) is 25.2 Å². The van der Waals surface area contributed by atoms with Crippen LogP contribution in [-0.2, 0) is 16.1 Å². The van der Waals surface area contributed by atoms with Gasteiger partial charge in [0.25, 0.3) is 17.7 Å². The number of esters is 1. The smallest absolute Gasteiger partial charge is 0.356 e. The maximum absolute atomic E-state index is 13.3. The first-order chi connectivity index (χ1) is 23.6. The van der Waals surface area contributed by atoms with Crippen molar-refractivity contribution in [3.8, 4) is 17.6 Å². The van der Waals surface area contributed by atoms with E-state index in [4.69, 9.17) is 19.3 Å². The number of hydrogen-bond acceptors (Lipinski definition) is 13. The van der Waals surface area contributed by atoms with Crippen molar-refractivity contribution in [1.29, 1.82) is 0 Å². The van der Waals surface area contributed by atoms with Crippen molar-refractivity contribution in [2.45, 2.75) is 26.4 Å². The number of pyridine rings is 3. The lowest BCUT2D eigenvalue weighted by molar-refractivity contribution is -0.386. The zero-order valence-corrected chi connectivity index (χ0v) is 26.2. The minimum atomic E-state index is -1.33. The SMILES string of the molecule is CCCCOc1nc(C(=O)Nc2ccc(C(=O)Nc3ccc(C(=O)OC)nc3OCC(=O)O)nc2OCc2ccccc2)ccc1[N+](=O)[O-]. The van der Waals surface area contributed by atoms with Crippen LogP contribution in [0.3, 0.4) is 0 Å². The Labute approximate surface area is 278 Å². The Morgan fingerprint density at radius 3 is 1.94 bits per heavy atom. The summed E-state index contributed by atoms with van der Waals surface area (Å²) in [5.74, 6) is -4.55. The van der Waals surface area contributed by atoms with Crippen molar-refractivity contribution in [2.75, 3.05) is 31.0 Å². The van der Waals surface area contributed by atoms with E-state index in [2.05, 4.69) is 30.3 Å². The van der Waals surface area contributed by atoms with E-state index in [1.54, 1.807) is 24.3 Å². The molecule has 0 radical (unpaired) electrons. The summed E-state index contributed by atoms with van der Waals surface area (Å²) in [6.07, 6.45) is 1.40. The average Bonchev–Trinajstić information content (AvgIpc) is 3.10. The molecule has 49 heavy (non-hydrogen) atoms. The van der Waals surface area contributed by atoms with Gasteiger partial charge in [0, 0.05) is 6.07 Å². The van der Waals surface area contributed by atoms with Crippen LogP contribution in [0.4, 0.5) is 17.1 Å². The molecule has 254 valence electrons. The summed E-state index contributed by atoms with van der Waals surface area (Å²) in [6, 6.07) is 16.4. The van der Waals surface area contributed by atoms with Crippen molar-refractivity contribution >= 4 is 40.8 Å². The molecule has 2 amide bonds. The molecule has 3 heterocycles. The van der Waals surface area contributed by atoms with E-state index < -0.39 is 41.0 Å². The lowest BCUT2D eigenvalue weighted by Crippen LogP contribution is -2.19. The van der Waals surface area contributed by atoms with Gasteiger partial charge < -0.3 is 34.7 Å². The zero-order chi connectivity index (χ0) is 35.3. The molecule has 0 spiro atoms. The van der Waals surface area contributed by atoms with Gasteiger partial charge in [0.15, 0.2) is 12.3 Å². The summed E-state index contributed by atoms with van der Waals surface area (Å²) in [5.41, 5.74) is -0.265. The summed E-state index contributed by atoms with van der Waals surface area (Å²) in [4.78, 5) is 72.7. The van der Waals surface area contributed by atoms with Crippen LogP contribution in [0.5, 0.6) is 17.6 Å². The van der Waals surface area contributed by atoms with E-state index >= 15 is 0 Å². The number of rotatable bonds is 16. The number of unbranched alkanes of at least 4 members (excludes halogenated alkanes) is 1. The summed E-state index contributed by atoms with van der Waals surface area (Å²) in [6.45, 7) is 1.27. The van der Waals surface area contributed by atoms with E-state index in [1.807, 2.05) is 13.0 Å². The van der Waals surface area contributed by atoms with E-state index in [-0.39, 0.29) is 59.3 Å². The highest BCUT2D eigenvalue weighted by molar-refractivity contribution is 6.06. The molecular formula is C32H30N6O11. The molecule has 17 heteroatoms. The molecule has 0 aliphatic rings. The molecule has 0 fully saturated rings. The van der Waals surface area contributed by atoms with Crippen LogP contribution in [0.1, 0.15) is 56.8 Å². The first kappa shape index (κ1) is 35.2. The molecule has 0 saturated carbocycles. The fourth-order valence-corrected chi connectivity index (χ4v) is 3.98. The van der Waals surface area contributed by atoms with Gasteiger partial charge in [-0.15, -0.1) is 0 Å². The number of nitro groups is 1. The number of carboxylic acid groups (broad SMARTS) is 1. The van der Waals surface area contributed by atoms with Crippen LogP contribution < -0.4 is 24.8 Å². The number of methoxy groups -OCH3 is 1. The lowest BCUT2D eigenvalue weighted by atomic mass is 10.2. The van der Waals surface area contributed by atoms with Gasteiger partial charge in [-0.25, -0.2) is 24.5 Å². The maximum atomic E-state index is 13.3. The quantitative estimate of drug-likeness (QED) is 0.0651. The zero-order valence-electron chi connectivity index (χ0n) is 26.2. The van der Waals surface area contributed by atoms with Crippen LogP contribution >= 0.6 is 0 Å². The normalized spacial score (nSPS) is 10.4. The molecule has 1 aromatic carbocycles. The molecule has 0 aliphatic carbocycles. The number of carbonyl (C=O) groups is 4. The fourth-order valence-electron chi connectivity index (χ4n) is 3.98. The van der Waals surface area contributed by atoms with Crippen LogP contribution in [-0.4, -0.2) is 69.1 Å². The van der Waals surface area contributed by atoms with Gasteiger partial charge in [0.1, 0.15) is 29.4 Å². The van der Waals surface area contributed by atoms with E-state index in [1.165, 1.54) is 30.3 Å². The first-order valence-electron chi connectivity index (χ1n) is 14.6. The van der Waals surface area contributed by atoms with Gasteiger partial charge in [-0.05, 0) is 42.3 Å². The molecule has 4 aromatic rings. The Hall–Kier alpha value is -6.65. The summed E-state index contributed by atoms with van der Waals surface area (Å²) in [7, 11) is 1.13. The number of aliphatic carboxylic acids is 1. The van der Waals surface area contributed by atoms with Crippen LogP contribution in [0.2, 0.25) is 0 Å². The second-order valence-corrected chi connectivity index (χ2v) is 9.93. The van der Waals surface area contributed by atoms with Crippen molar-refractivity contribution in [1.82, 2.24) is 15.0 Å². The van der Waals surface area contributed by atoms with Gasteiger partial charge in [-0.1, -0.05) is 43.7 Å². The Balaban J connectivity index is 1.62. The Bertz CT molecular complexity index is 1850. The highest BCUT2D eigenvalue weighted by Gasteiger charge is 2.23. The number of benzene rings is 1. The number of nitrogens with one attached hydrogen (secondary N) is 2. The number of carboxylic acids is 1. The Morgan fingerprint density at radius 2 is 1.35 bits per heavy atom. The average molecular weight is 675 g/mol. The standard InChI is InChI=1S/C32H30N6O11/c1-3-4-16-47-31-25(38(44)45)15-14-21(36-31)28(42)33-22-11-10-20(35-29(22)48-17-19-8-6-5-7-9-19)27(41)34-23-12-13-24(32(43)46-2)37-30(23)49-18-26(39)40/h5-15H,3-4,16-18H2,1-2H3,(H,33,42)(H,34,41)(H,39,40). The molecule has 17 nitrogen and oxygen atoms in total. The summed E-state index contributed by atoms with van der Waals surface area (Å²) in [5, 5.41) is 25.6. The van der Waals surface area contributed by atoms with Crippen LogP contribution in [0, 0.1) is 10.1 Å². The third-order valence-corrected chi connectivity index (χ3v) is 6.40. The van der Waals surface area contributed by atoms with Gasteiger partial charge in [-0.3, -0.25) is 19.7 Å². The van der Waals surface area contributed by atoms with E-state index in [0.29, 0.717) is 6.42 Å². The van der Waals surface area contributed by atoms with Gasteiger partial charge >= 0.3 is 17.6 Å². The molecule has 3 N–H and O–H groups in total. The summed E-state index contributed by atoms with van der Waals surface area (Å²) >= 11 is 0. The number of hydrogen-bond donors (Lipinski definition) is 3. The first-order valence-corrected chi connectivity index (χ1v) is 14.6. The molecule has 0 unspecified atom stereocenters. The Morgan fingerprint density at radius 1 is 0.776 bits per heavy atom. The predicted molar refractivity (Wildman–Crippen MR) is 171 cm³/mol. The molecule has 3 aromatic heterocycles. The van der Waals surface area contributed by atoms with Crippen molar-refractivity contribution in [2.24, 2.45) is 0 Å². The molecule has 0 atom stereocenters. The number of nitrogens with zero attached hydrogens (tertiary/aromatic N) is 4. The van der Waals surface area contributed by atoms with Gasteiger partial charge in [0.05, 0.1) is 18.6 Å². The molecular weight excluding hydrogens is 644 g/mol. The second-order valence-electron chi connectivity index (χ2n) is 9.93. The van der Waals surface area contributed by atoms with Crippen molar-refractivity contribution in [3.05, 3.63) is 99.5 Å². The maximum Gasteiger partial charge on any atom is 0.356 e. The number of anilines is 2. The number of ether oxygens (including phenoxy) is 4. The van der Waals surface area contributed by atoms with Crippen LogP contribution in [0.15, 0.2) is 66.7 Å². The third kappa shape index (κ3) is 9.67. The lowest BCUT2D eigenvalue weighted by Gasteiger charge is -2.14. The number of aromatic nitrogens is 3. The van der Waals surface area contributed by atoms with Gasteiger partial charge in [-0.2, -0.15) is 0 Å². The van der Waals surface area contributed by atoms with Crippen LogP contribution in [0.25, 0.3) is 0 Å². The number of carbonyl (C=O) groups excluding carboxylic acids is 3. The minimum Gasteiger partial charge on any atom is -0.479 e. The molecule has 0 saturated heterocycles. The van der Waals surface area contributed by atoms with Crippen molar-refractivity contribution < 1.29 is 48.2 Å². The fraction of sp³-hybridized carbons (Fsp3) is 0.219. The second kappa shape index (κ2) is 16.8. The Kier molecular flexibility index (Phi) is 12.1. The van der Waals surface area contributed by atoms with Crippen molar-refractivity contribution in [3.63, 3.8) is 0 Å². The van der Waals surface area contributed by atoms with Gasteiger partial charge in [0.2, 0.25) is 11.8 Å². The summed E-state index contributed by atoms with van der Waals surface area (Å²) < 4.78 is 21.1. The molecule has 0 bridgehead atoms. The largest absolute Gasteiger partial charge is 0.479 e. The third-order valence-electron chi connectivity index (χ3n) is 6.40. The number of amides is 2. The highest BCUT2D eigenvalue weighted by atomic mass is 16.6. The highest BCUT2D eigenvalue weighted by Crippen LogP contribution is 2.28. The predicted octanol–water partition coefficient (Wildman–Crippen LogP) is 4.29. The minimum absolute atomic E-state index is 0.000925. The monoisotopic (exact) mass is 674 g/mol.